The van der Waals surface area contributed by atoms with Crippen molar-refractivity contribution in [3.63, 3.8) is 0 Å². The minimum Gasteiger partial charge on any atom is -0.227 e. The lowest BCUT2D eigenvalue weighted by atomic mass is 10.3. The van der Waals surface area contributed by atoms with Gasteiger partial charge in [0.15, 0.2) is 0 Å². The van der Waals surface area contributed by atoms with Gasteiger partial charge in [0.25, 0.3) is 0 Å². The zero-order valence-electron chi connectivity index (χ0n) is 4.81. The maximum atomic E-state index is 12.5. The largest absolute Gasteiger partial charge is 0.231 e. The molecule has 0 aliphatic heterocycles. The first-order chi connectivity index (χ1) is 4.75. The minimum atomic E-state index is -0.700. The maximum Gasteiger partial charge on any atom is 0.231 e. The Morgan fingerprint density at radius 1 is 1.70 bits per heavy atom. The van der Waals surface area contributed by atoms with Crippen LogP contribution in [0, 0.1) is 20.8 Å². The summed E-state index contributed by atoms with van der Waals surface area (Å²) in [6, 6.07) is 3.30. The number of hydrogen-bond donors (Lipinski definition) is 0. The smallest absolute Gasteiger partial charge is 0.227 e. The van der Waals surface area contributed by atoms with Crippen molar-refractivity contribution < 1.29 is 4.39 Å². The number of pyridine rings is 1. The van der Waals surface area contributed by atoms with Crippen LogP contribution in [0.5, 0.6) is 0 Å². The Morgan fingerprint density at radius 2 is 2.40 bits per heavy atom. The average Bonchev–Trinajstić information content (AvgIpc) is 1.88. The van der Waals surface area contributed by atoms with E-state index in [0.717, 1.165) is 0 Å². The molecule has 0 N–H and O–H groups in total. The van der Waals surface area contributed by atoms with Gasteiger partial charge in [-0.3, -0.25) is 0 Å². The lowest BCUT2D eigenvalue weighted by Crippen LogP contribution is -1.90. The predicted molar refractivity (Wildman–Crippen MR) is 41.6 cm³/mol. The third-order valence-corrected chi connectivity index (χ3v) is 1.86. The molecule has 0 saturated heterocycles. The van der Waals surface area contributed by atoms with Crippen LogP contribution in [0.1, 0.15) is 5.56 Å². The number of hydrogen-bond acceptors (Lipinski definition) is 2. The monoisotopic (exact) mass is 248 g/mol. The van der Waals surface area contributed by atoms with Crippen LogP contribution >= 0.6 is 22.6 Å². The Morgan fingerprint density at radius 3 is 2.80 bits per heavy atom. The average molecular weight is 248 g/mol. The molecule has 0 amide bonds. The summed E-state index contributed by atoms with van der Waals surface area (Å²) >= 11 is 1.88. The molecule has 0 atom stereocenters. The van der Waals surface area contributed by atoms with E-state index in [1.807, 2.05) is 22.6 Å². The molecule has 0 radical (unpaired) electrons. The Bertz CT molecular complexity index is 272. The van der Waals surface area contributed by atoms with Crippen molar-refractivity contribution in [1.29, 1.82) is 5.26 Å². The van der Waals surface area contributed by atoms with Crippen molar-refractivity contribution in [3.05, 3.63) is 27.3 Å². The second kappa shape index (κ2) is 2.92. The molecule has 1 aromatic heterocycles. The molecule has 0 aliphatic rings. The molecule has 1 rings (SSSR count). The molecule has 0 bridgehead atoms. The molecule has 10 heavy (non-hydrogen) atoms. The molecule has 4 heteroatoms. The van der Waals surface area contributed by atoms with E-state index in [0.29, 0.717) is 3.57 Å². The molecular weight excluding hydrogens is 246 g/mol. The Labute approximate surface area is 70.8 Å². The van der Waals surface area contributed by atoms with Crippen LogP contribution < -0.4 is 0 Å². The van der Waals surface area contributed by atoms with E-state index in [9.17, 15) is 4.39 Å². The lowest BCUT2D eigenvalue weighted by molar-refractivity contribution is 0.578. The van der Waals surface area contributed by atoms with Crippen LogP contribution in [0.4, 0.5) is 4.39 Å². The van der Waals surface area contributed by atoms with Gasteiger partial charge in [-0.15, -0.1) is 0 Å². The number of aromatic nitrogens is 1. The molecule has 0 spiro atoms. The third-order valence-electron chi connectivity index (χ3n) is 0.966. The standard InChI is InChI=1S/C6H2FIN2/c7-6-4(3-9)5(8)1-2-10-6/h1-2H. The van der Waals surface area contributed by atoms with E-state index in [-0.39, 0.29) is 5.56 Å². The highest BCUT2D eigenvalue weighted by Gasteiger charge is 2.04. The van der Waals surface area contributed by atoms with Gasteiger partial charge in [0.2, 0.25) is 5.95 Å². The lowest BCUT2D eigenvalue weighted by Gasteiger charge is -1.92. The first-order valence-corrected chi connectivity index (χ1v) is 3.53. The Hall–Kier alpha value is -0.700. The maximum absolute atomic E-state index is 12.5. The van der Waals surface area contributed by atoms with Crippen LogP contribution in [-0.2, 0) is 0 Å². The number of nitrogens with zero attached hydrogens (tertiary/aromatic N) is 2. The first-order valence-electron chi connectivity index (χ1n) is 2.46. The SMILES string of the molecule is N#Cc1c(I)ccnc1F. The van der Waals surface area contributed by atoms with Gasteiger partial charge in [-0.25, -0.2) is 4.98 Å². The van der Waals surface area contributed by atoms with E-state index in [1.165, 1.54) is 6.20 Å². The van der Waals surface area contributed by atoms with E-state index in [2.05, 4.69) is 4.98 Å². The van der Waals surface area contributed by atoms with Gasteiger partial charge in [-0.2, -0.15) is 9.65 Å². The second-order valence-electron chi connectivity index (χ2n) is 1.57. The summed E-state index contributed by atoms with van der Waals surface area (Å²) in [6.45, 7) is 0. The summed E-state index contributed by atoms with van der Waals surface area (Å²) in [5, 5.41) is 8.36. The summed E-state index contributed by atoms with van der Waals surface area (Å²) in [6.07, 6.45) is 1.33. The summed E-state index contributed by atoms with van der Waals surface area (Å²) in [5.74, 6) is -0.700. The van der Waals surface area contributed by atoms with E-state index < -0.39 is 5.95 Å². The molecule has 2 nitrogen and oxygen atoms in total. The molecule has 0 aromatic carbocycles. The van der Waals surface area contributed by atoms with Gasteiger partial charge in [0, 0.05) is 9.77 Å². The van der Waals surface area contributed by atoms with Crippen molar-refractivity contribution >= 4 is 22.6 Å². The van der Waals surface area contributed by atoms with Crippen molar-refractivity contribution in [2.24, 2.45) is 0 Å². The van der Waals surface area contributed by atoms with Crippen molar-refractivity contribution in [2.45, 2.75) is 0 Å². The number of nitriles is 1. The molecular formula is C6H2FIN2. The number of halogens is 2. The van der Waals surface area contributed by atoms with Gasteiger partial charge in [0.1, 0.15) is 11.6 Å². The van der Waals surface area contributed by atoms with Gasteiger partial charge in [-0.05, 0) is 28.7 Å². The number of rotatable bonds is 0. The highest BCUT2D eigenvalue weighted by molar-refractivity contribution is 14.1. The molecule has 0 fully saturated rings. The normalized spacial score (nSPS) is 8.90. The van der Waals surface area contributed by atoms with Gasteiger partial charge >= 0.3 is 0 Å². The van der Waals surface area contributed by atoms with E-state index in [1.54, 1.807) is 12.1 Å². The fourth-order valence-electron chi connectivity index (χ4n) is 0.514. The fraction of sp³-hybridized carbons (Fsp3) is 0. The summed E-state index contributed by atoms with van der Waals surface area (Å²) in [4.78, 5) is 3.32. The molecule has 0 saturated carbocycles. The molecule has 0 aliphatic carbocycles. The van der Waals surface area contributed by atoms with Crippen molar-refractivity contribution in [3.8, 4) is 6.07 Å². The van der Waals surface area contributed by atoms with Crippen LogP contribution in [0.3, 0.4) is 0 Å². The second-order valence-corrected chi connectivity index (χ2v) is 2.73. The third kappa shape index (κ3) is 1.24. The highest BCUT2D eigenvalue weighted by Crippen LogP contribution is 2.11. The summed E-state index contributed by atoms with van der Waals surface area (Å²) in [7, 11) is 0. The van der Waals surface area contributed by atoms with Gasteiger partial charge in [0.05, 0.1) is 0 Å². The van der Waals surface area contributed by atoms with E-state index in [4.69, 9.17) is 5.26 Å². The Kier molecular flexibility index (Phi) is 2.17. The zero-order valence-corrected chi connectivity index (χ0v) is 6.96. The van der Waals surface area contributed by atoms with Crippen molar-refractivity contribution in [2.75, 3.05) is 0 Å². The van der Waals surface area contributed by atoms with E-state index >= 15 is 0 Å². The van der Waals surface area contributed by atoms with Crippen LogP contribution in [0.15, 0.2) is 12.3 Å². The quantitative estimate of drug-likeness (QED) is 0.517. The molecule has 50 valence electrons. The summed E-state index contributed by atoms with van der Waals surface area (Å²) in [5.41, 5.74) is 0.0168. The minimum absolute atomic E-state index is 0.0168. The Balaban J connectivity index is 3.34. The summed E-state index contributed by atoms with van der Waals surface area (Å²) < 4.78 is 13.1. The molecule has 1 heterocycles. The topological polar surface area (TPSA) is 36.7 Å². The van der Waals surface area contributed by atoms with Crippen LogP contribution in [0.2, 0.25) is 0 Å². The van der Waals surface area contributed by atoms with Crippen LogP contribution in [-0.4, -0.2) is 4.98 Å². The highest BCUT2D eigenvalue weighted by atomic mass is 127. The molecule has 0 unspecified atom stereocenters. The van der Waals surface area contributed by atoms with Gasteiger partial charge < -0.3 is 0 Å². The predicted octanol–water partition coefficient (Wildman–Crippen LogP) is 1.70. The first kappa shape index (κ1) is 7.41. The van der Waals surface area contributed by atoms with Crippen molar-refractivity contribution in [1.82, 2.24) is 4.98 Å². The van der Waals surface area contributed by atoms with Gasteiger partial charge in [-0.1, -0.05) is 0 Å². The fourth-order valence-corrected chi connectivity index (χ4v) is 1.02. The molecule has 1 aromatic rings. The van der Waals surface area contributed by atoms with Crippen LogP contribution in [0.25, 0.3) is 0 Å². The zero-order chi connectivity index (χ0) is 7.56.